The van der Waals surface area contributed by atoms with E-state index in [-0.39, 0.29) is 0 Å². The van der Waals surface area contributed by atoms with Gasteiger partial charge in [0, 0.05) is 0 Å². The van der Waals surface area contributed by atoms with Crippen LogP contribution < -0.4 is 10.1 Å². The van der Waals surface area contributed by atoms with Crippen LogP contribution in [0.4, 0.5) is 5.69 Å². The first-order valence-electron chi connectivity index (χ1n) is 7.65. The van der Waals surface area contributed by atoms with E-state index in [1.165, 1.54) is 29.5 Å². The van der Waals surface area contributed by atoms with Gasteiger partial charge in [0.25, 0.3) is 0 Å². The van der Waals surface area contributed by atoms with Gasteiger partial charge in [0.15, 0.2) is 0 Å². The molecule has 2 aromatic rings. The van der Waals surface area contributed by atoms with E-state index in [9.17, 15) is 0 Å². The summed E-state index contributed by atoms with van der Waals surface area (Å²) in [5, 5.41) is 3.71. The van der Waals surface area contributed by atoms with E-state index in [1.54, 1.807) is 7.11 Å². The molecule has 1 aliphatic rings. The molecule has 0 radical (unpaired) electrons. The van der Waals surface area contributed by atoms with Crippen LogP contribution in [0.15, 0.2) is 42.5 Å². The minimum atomic E-state index is 0.376. The Morgan fingerprint density at radius 1 is 1.00 bits per heavy atom. The molecule has 2 aromatic carbocycles. The summed E-state index contributed by atoms with van der Waals surface area (Å²) in [5.74, 6) is 1.65. The van der Waals surface area contributed by atoms with Gasteiger partial charge >= 0.3 is 0 Å². The maximum absolute atomic E-state index is 5.49. The molecule has 21 heavy (non-hydrogen) atoms. The lowest BCUT2D eigenvalue weighted by Gasteiger charge is -2.22. The van der Waals surface area contributed by atoms with E-state index in [0.717, 1.165) is 17.4 Å². The summed E-state index contributed by atoms with van der Waals surface area (Å²) in [5.41, 5.74) is 5.01. The number of rotatable bonds is 5. The highest BCUT2D eigenvalue weighted by Crippen LogP contribution is 2.44. The predicted molar refractivity (Wildman–Crippen MR) is 88.0 cm³/mol. The van der Waals surface area contributed by atoms with Crippen LogP contribution in [0.5, 0.6) is 5.75 Å². The monoisotopic (exact) mass is 281 g/mol. The lowest BCUT2D eigenvalue weighted by molar-refractivity contribution is 0.415. The van der Waals surface area contributed by atoms with Crippen molar-refractivity contribution in [1.82, 2.24) is 0 Å². The Bertz CT molecular complexity index is 614. The molecule has 0 heterocycles. The Hall–Kier alpha value is -1.96. The predicted octanol–water partition coefficient (Wildman–Crippen LogP) is 4.88. The summed E-state index contributed by atoms with van der Waals surface area (Å²) >= 11 is 0. The molecule has 1 saturated carbocycles. The van der Waals surface area contributed by atoms with Crippen LogP contribution in [0.1, 0.15) is 35.6 Å². The molecule has 1 fully saturated rings. The number of methoxy groups -OCH3 is 1. The standard InChI is InChI=1S/C19H23NO/c1-13-4-7-15(8-5-13)19(16-9-10-16)20-17-12-14(2)6-11-18(17)21-3/h4-8,11-12,16,19-20H,9-10H2,1-3H3. The van der Waals surface area contributed by atoms with Crippen LogP contribution in [0, 0.1) is 19.8 Å². The van der Waals surface area contributed by atoms with Gasteiger partial charge in [0.2, 0.25) is 0 Å². The van der Waals surface area contributed by atoms with Crippen LogP contribution in [0.3, 0.4) is 0 Å². The third-order valence-corrected chi connectivity index (χ3v) is 4.20. The van der Waals surface area contributed by atoms with E-state index in [0.29, 0.717) is 6.04 Å². The van der Waals surface area contributed by atoms with Gasteiger partial charge < -0.3 is 10.1 Å². The Kier molecular flexibility index (Phi) is 3.87. The highest BCUT2D eigenvalue weighted by atomic mass is 16.5. The SMILES string of the molecule is COc1ccc(C)cc1NC(c1ccc(C)cc1)C1CC1. The third kappa shape index (κ3) is 3.21. The van der Waals surface area contributed by atoms with Crippen molar-refractivity contribution in [3.63, 3.8) is 0 Å². The van der Waals surface area contributed by atoms with Crippen molar-refractivity contribution in [2.45, 2.75) is 32.7 Å². The van der Waals surface area contributed by atoms with Gasteiger partial charge in [0.1, 0.15) is 5.75 Å². The van der Waals surface area contributed by atoms with E-state index in [2.05, 4.69) is 55.6 Å². The Balaban J connectivity index is 1.89. The van der Waals surface area contributed by atoms with E-state index in [1.807, 2.05) is 6.07 Å². The van der Waals surface area contributed by atoms with E-state index < -0.39 is 0 Å². The molecule has 3 rings (SSSR count). The lowest BCUT2D eigenvalue weighted by atomic mass is 10.0. The average molecular weight is 281 g/mol. The minimum absolute atomic E-state index is 0.376. The van der Waals surface area contributed by atoms with Crippen LogP contribution >= 0.6 is 0 Å². The number of nitrogens with one attached hydrogen (secondary N) is 1. The molecule has 0 saturated heterocycles. The molecular formula is C19H23NO. The molecule has 2 nitrogen and oxygen atoms in total. The minimum Gasteiger partial charge on any atom is -0.495 e. The van der Waals surface area contributed by atoms with Crippen molar-refractivity contribution in [3.05, 3.63) is 59.2 Å². The lowest BCUT2D eigenvalue weighted by Crippen LogP contribution is -2.13. The zero-order chi connectivity index (χ0) is 14.8. The molecular weight excluding hydrogens is 258 g/mol. The van der Waals surface area contributed by atoms with Crippen molar-refractivity contribution >= 4 is 5.69 Å². The smallest absolute Gasteiger partial charge is 0.141 e. The summed E-state index contributed by atoms with van der Waals surface area (Å²) < 4.78 is 5.49. The average Bonchev–Trinajstić information content (AvgIpc) is 3.31. The van der Waals surface area contributed by atoms with Gasteiger partial charge in [0.05, 0.1) is 18.8 Å². The summed E-state index contributed by atoms with van der Waals surface area (Å²) in [7, 11) is 1.73. The summed E-state index contributed by atoms with van der Waals surface area (Å²) in [6, 6.07) is 15.5. The summed E-state index contributed by atoms with van der Waals surface area (Å²) in [4.78, 5) is 0. The number of hydrogen-bond acceptors (Lipinski definition) is 2. The molecule has 0 spiro atoms. The number of anilines is 1. The number of benzene rings is 2. The molecule has 1 N–H and O–H groups in total. The van der Waals surface area contributed by atoms with Crippen molar-refractivity contribution in [2.24, 2.45) is 5.92 Å². The van der Waals surface area contributed by atoms with Crippen molar-refractivity contribution in [2.75, 3.05) is 12.4 Å². The van der Waals surface area contributed by atoms with Gasteiger partial charge in [-0.1, -0.05) is 35.9 Å². The molecule has 1 atom stereocenters. The molecule has 110 valence electrons. The second kappa shape index (κ2) is 5.80. The van der Waals surface area contributed by atoms with Crippen LogP contribution in [-0.2, 0) is 0 Å². The largest absolute Gasteiger partial charge is 0.495 e. The Morgan fingerprint density at radius 3 is 2.29 bits per heavy atom. The van der Waals surface area contributed by atoms with Crippen molar-refractivity contribution in [1.29, 1.82) is 0 Å². The van der Waals surface area contributed by atoms with Gasteiger partial charge in [-0.3, -0.25) is 0 Å². The number of ether oxygens (including phenoxy) is 1. The molecule has 0 amide bonds. The zero-order valence-corrected chi connectivity index (χ0v) is 13.0. The van der Waals surface area contributed by atoms with Gasteiger partial charge in [-0.25, -0.2) is 0 Å². The second-order valence-electron chi connectivity index (χ2n) is 6.07. The molecule has 1 aliphatic carbocycles. The van der Waals surface area contributed by atoms with E-state index >= 15 is 0 Å². The topological polar surface area (TPSA) is 21.3 Å². The molecule has 1 unspecified atom stereocenters. The molecule has 0 aromatic heterocycles. The van der Waals surface area contributed by atoms with Crippen molar-refractivity contribution < 1.29 is 4.74 Å². The maximum atomic E-state index is 5.49. The summed E-state index contributed by atoms with van der Waals surface area (Å²) in [6.07, 6.45) is 2.61. The first kappa shape index (κ1) is 14.0. The highest BCUT2D eigenvalue weighted by molar-refractivity contribution is 5.59. The third-order valence-electron chi connectivity index (χ3n) is 4.20. The van der Waals surface area contributed by atoms with Gasteiger partial charge in [-0.05, 0) is 55.9 Å². The fraction of sp³-hybridized carbons (Fsp3) is 0.368. The quantitative estimate of drug-likeness (QED) is 0.843. The highest BCUT2D eigenvalue weighted by Gasteiger charge is 2.32. The summed E-state index contributed by atoms with van der Waals surface area (Å²) in [6.45, 7) is 4.25. The van der Waals surface area contributed by atoms with Crippen LogP contribution in [-0.4, -0.2) is 7.11 Å². The van der Waals surface area contributed by atoms with Gasteiger partial charge in [-0.15, -0.1) is 0 Å². The number of aryl methyl sites for hydroxylation is 2. The first-order valence-corrected chi connectivity index (χ1v) is 7.65. The van der Waals surface area contributed by atoms with Gasteiger partial charge in [-0.2, -0.15) is 0 Å². The fourth-order valence-corrected chi connectivity index (χ4v) is 2.78. The second-order valence-corrected chi connectivity index (χ2v) is 6.07. The zero-order valence-electron chi connectivity index (χ0n) is 13.0. The fourth-order valence-electron chi connectivity index (χ4n) is 2.78. The Labute approximate surface area is 127 Å². The molecule has 0 bridgehead atoms. The first-order chi connectivity index (χ1) is 10.2. The molecule has 2 heteroatoms. The van der Waals surface area contributed by atoms with E-state index in [4.69, 9.17) is 4.74 Å². The maximum Gasteiger partial charge on any atom is 0.141 e. The number of hydrogen-bond donors (Lipinski definition) is 1. The Morgan fingerprint density at radius 2 is 1.67 bits per heavy atom. The van der Waals surface area contributed by atoms with Crippen LogP contribution in [0.25, 0.3) is 0 Å². The molecule has 0 aliphatic heterocycles. The van der Waals surface area contributed by atoms with Crippen molar-refractivity contribution in [3.8, 4) is 5.75 Å². The van der Waals surface area contributed by atoms with Crippen LogP contribution in [0.2, 0.25) is 0 Å². The normalized spacial score (nSPS) is 15.6.